The molecule has 0 radical (unpaired) electrons. The molecule has 1 aliphatic heterocycles. The summed E-state index contributed by atoms with van der Waals surface area (Å²) in [6.45, 7) is 1.82. The molecular weight excluding hydrogens is 505 g/mol. The molecule has 1 saturated heterocycles. The van der Waals surface area contributed by atoms with E-state index in [1.165, 1.54) is 18.5 Å². The molecule has 6 rings (SSSR count). The Kier molecular flexibility index (Phi) is 6.13. The van der Waals surface area contributed by atoms with Crippen LogP contribution >= 0.6 is 11.6 Å². The number of hydrogen-bond acceptors (Lipinski definition) is 8. The summed E-state index contributed by atoms with van der Waals surface area (Å²) >= 11 is 6.19. The van der Waals surface area contributed by atoms with E-state index >= 15 is 0 Å². The van der Waals surface area contributed by atoms with E-state index in [0.717, 1.165) is 47.6 Å². The number of aromatic nitrogens is 6. The molecule has 1 aliphatic rings. The lowest BCUT2D eigenvalue weighted by Gasteiger charge is -2.41. The highest BCUT2D eigenvalue weighted by molar-refractivity contribution is 6.29. The van der Waals surface area contributed by atoms with E-state index in [4.69, 9.17) is 28.1 Å². The van der Waals surface area contributed by atoms with Gasteiger partial charge in [0, 0.05) is 18.7 Å². The summed E-state index contributed by atoms with van der Waals surface area (Å²) in [5, 5.41) is 0.420. The number of piperidine rings is 1. The van der Waals surface area contributed by atoms with Gasteiger partial charge in [-0.3, -0.25) is 4.98 Å². The second-order valence-electron chi connectivity index (χ2n) is 9.54. The number of anilines is 2. The van der Waals surface area contributed by atoms with E-state index in [-0.39, 0.29) is 5.82 Å². The standard InChI is InChI=1S/C27H25ClFN9/c28-23-4-1-3-22(36-23)27(31)9-2-10-37(14-27)21-12-32-20(17-5-7-19(29)8-6-17)11-18(21)13-38-16-35-24-25(30)33-15-34-26(24)38/h1,3-8,11-12,15-16H,2,9-10,13-14,31H2,(H2,30,33,34). The number of hydrogen-bond donors (Lipinski definition) is 2. The van der Waals surface area contributed by atoms with E-state index in [1.54, 1.807) is 24.5 Å². The van der Waals surface area contributed by atoms with E-state index < -0.39 is 5.54 Å². The zero-order chi connectivity index (χ0) is 26.3. The van der Waals surface area contributed by atoms with Gasteiger partial charge < -0.3 is 20.9 Å². The highest BCUT2D eigenvalue weighted by atomic mass is 35.5. The van der Waals surface area contributed by atoms with Crippen molar-refractivity contribution < 1.29 is 4.39 Å². The molecular formula is C27H25ClFN9. The van der Waals surface area contributed by atoms with E-state index in [9.17, 15) is 4.39 Å². The Hall–Kier alpha value is -4.15. The number of nitrogen functional groups attached to an aromatic ring is 1. The van der Waals surface area contributed by atoms with Gasteiger partial charge in [-0.25, -0.2) is 24.3 Å². The van der Waals surface area contributed by atoms with Crippen molar-refractivity contribution in [3.63, 3.8) is 0 Å². The van der Waals surface area contributed by atoms with Gasteiger partial charge in [0.1, 0.15) is 22.8 Å². The molecule has 11 heteroatoms. The number of halogens is 2. The van der Waals surface area contributed by atoms with Crippen LogP contribution in [-0.2, 0) is 12.1 Å². The van der Waals surface area contributed by atoms with Crippen molar-refractivity contribution in [2.75, 3.05) is 23.7 Å². The van der Waals surface area contributed by atoms with Gasteiger partial charge in [0.05, 0.1) is 41.7 Å². The predicted octanol–water partition coefficient (Wildman–Crippen LogP) is 4.16. The molecule has 4 aromatic heterocycles. The van der Waals surface area contributed by atoms with Crippen LogP contribution in [0.15, 0.2) is 67.4 Å². The number of pyridine rings is 2. The number of imidazole rings is 1. The molecule has 9 nitrogen and oxygen atoms in total. The fraction of sp³-hybridized carbons (Fsp3) is 0.222. The molecule has 4 N–H and O–H groups in total. The van der Waals surface area contributed by atoms with E-state index in [2.05, 4.69) is 24.8 Å². The largest absolute Gasteiger partial charge is 0.382 e. The van der Waals surface area contributed by atoms with Crippen LogP contribution < -0.4 is 16.4 Å². The Labute approximate surface area is 223 Å². The number of benzene rings is 1. The summed E-state index contributed by atoms with van der Waals surface area (Å²) < 4.78 is 15.5. The third-order valence-electron chi connectivity index (χ3n) is 6.97. The first kappa shape index (κ1) is 24.2. The van der Waals surface area contributed by atoms with Crippen molar-refractivity contribution in [1.29, 1.82) is 0 Å². The van der Waals surface area contributed by atoms with E-state index in [0.29, 0.717) is 35.2 Å². The molecule has 0 amide bonds. The fourth-order valence-electron chi connectivity index (χ4n) is 5.06. The fourth-order valence-corrected chi connectivity index (χ4v) is 5.23. The lowest BCUT2D eigenvalue weighted by Crippen LogP contribution is -2.52. The van der Waals surface area contributed by atoms with Gasteiger partial charge >= 0.3 is 0 Å². The number of fused-ring (bicyclic) bond motifs is 1. The monoisotopic (exact) mass is 529 g/mol. The minimum absolute atomic E-state index is 0.296. The minimum atomic E-state index is -0.667. The third kappa shape index (κ3) is 4.52. The number of nitrogens with zero attached hydrogens (tertiary/aromatic N) is 7. The van der Waals surface area contributed by atoms with Crippen molar-refractivity contribution in [3.8, 4) is 11.3 Å². The van der Waals surface area contributed by atoms with Crippen molar-refractivity contribution >= 4 is 34.3 Å². The summed E-state index contributed by atoms with van der Waals surface area (Å²) in [6.07, 6.45) is 6.65. The molecule has 0 spiro atoms. The van der Waals surface area contributed by atoms with Gasteiger partial charge in [-0.05, 0) is 60.9 Å². The quantitative estimate of drug-likeness (QED) is 0.325. The zero-order valence-electron chi connectivity index (χ0n) is 20.4. The first-order valence-corrected chi connectivity index (χ1v) is 12.6. The SMILES string of the molecule is Nc1ncnc2c1ncn2Cc1cc(-c2ccc(F)cc2)ncc1N1CCCC(N)(c2cccc(Cl)n2)C1. The molecule has 0 aliphatic carbocycles. The minimum Gasteiger partial charge on any atom is -0.382 e. The van der Waals surface area contributed by atoms with Crippen LogP contribution in [0.4, 0.5) is 15.9 Å². The molecule has 38 heavy (non-hydrogen) atoms. The summed E-state index contributed by atoms with van der Waals surface area (Å²) in [5.74, 6) is 0.0312. The summed E-state index contributed by atoms with van der Waals surface area (Å²) in [4.78, 5) is 24.4. The molecule has 1 aromatic carbocycles. The lowest BCUT2D eigenvalue weighted by atomic mass is 9.86. The second kappa shape index (κ2) is 9.62. The van der Waals surface area contributed by atoms with Gasteiger partial charge in [-0.2, -0.15) is 0 Å². The van der Waals surface area contributed by atoms with Crippen molar-refractivity contribution in [2.45, 2.75) is 24.9 Å². The first-order valence-electron chi connectivity index (χ1n) is 12.2. The van der Waals surface area contributed by atoms with Crippen LogP contribution in [0.3, 0.4) is 0 Å². The highest BCUT2D eigenvalue weighted by Crippen LogP contribution is 2.34. The van der Waals surface area contributed by atoms with Gasteiger partial charge in [0.2, 0.25) is 0 Å². The Balaban J connectivity index is 1.41. The molecule has 1 atom stereocenters. The zero-order valence-corrected chi connectivity index (χ0v) is 21.2. The Morgan fingerprint density at radius 2 is 1.89 bits per heavy atom. The lowest BCUT2D eigenvalue weighted by molar-refractivity contribution is 0.345. The van der Waals surface area contributed by atoms with Gasteiger partial charge in [0.15, 0.2) is 11.5 Å². The van der Waals surface area contributed by atoms with Crippen LogP contribution in [-0.4, -0.2) is 42.6 Å². The van der Waals surface area contributed by atoms with Crippen molar-refractivity contribution in [2.24, 2.45) is 5.73 Å². The molecule has 1 unspecified atom stereocenters. The van der Waals surface area contributed by atoms with Crippen LogP contribution in [0.25, 0.3) is 22.4 Å². The molecule has 0 saturated carbocycles. The molecule has 5 heterocycles. The summed E-state index contributed by atoms with van der Waals surface area (Å²) in [5.41, 5.74) is 17.7. The second-order valence-corrected chi connectivity index (χ2v) is 9.92. The predicted molar refractivity (Wildman–Crippen MR) is 145 cm³/mol. The van der Waals surface area contributed by atoms with Crippen LogP contribution in [0.2, 0.25) is 5.15 Å². The third-order valence-corrected chi connectivity index (χ3v) is 7.18. The summed E-state index contributed by atoms with van der Waals surface area (Å²) in [6, 6.07) is 13.9. The average molecular weight is 530 g/mol. The Morgan fingerprint density at radius 3 is 2.71 bits per heavy atom. The number of rotatable bonds is 5. The molecule has 1 fully saturated rings. The highest BCUT2D eigenvalue weighted by Gasteiger charge is 2.35. The maximum absolute atomic E-state index is 13.6. The average Bonchev–Trinajstić information content (AvgIpc) is 3.33. The molecule has 192 valence electrons. The topological polar surface area (TPSA) is 125 Å². The van der Waals surface area contributed by atoms with Crippen LogP contribution in [0, 0.1) is 5.82 Å². The number of nitrogens with two attached hydrogens (primary N) is 2. The van der Waals surface area contributed by atoms with Gasteiger partial charge in [-0.15, -0.1) is 0 Å². The van der Waals surface area contributed by atoms with Crippen LogP contribution in [0.5, 0.6) is 0 Å². The van der Waals surface area contributed by atoms with Crippen molar-refractivity contribution in [1.82, 2.24) is 29.5 Å². The summed E-state index contributed by atoms with van der Waals surface area (Å²) in [7, 11) is 0. The normalized spacial score (nSPS) is 17.7. The Morgan fingerprint density at radius 1 is 1.05 bits per heavy atom. The smallest absolute Gasteiger partial charge is 0.165 e. The van der Waals surface area contributed by atoms with Crippen LogP contribution in [0.1, 0.15) is 24.1 Å². The van der Waals surface area contributed by atoms with Gasteiger partial charge in [0.25, 0.3) is 0 Å². The molecule has 0 bridgehead atoms. The first-order chi connectivity index (χ1) is 18.4. The van der Waals surface area contributed by atoms with E-state index in [1.807, 2.05) is 29.0 Å². The maximum atomic E-state index is 13.6. The van der Waals surface area contributed by atoms with Gasteiger partial charge in [-0.1, -0.05) is 17.7 Å². The maximum Gasteiger partial charge on any atom is 0.165 e. The van der Waals surface area contributed by atoms with Crippen molar-refractivity contribution in [3.05, 3.63) is 89.6 Å². The Bertz CT molecular complexity index is 1620. The molecule has 5 aromatic rings.